The summed E-state index contributed by atoms with van der Waals surface area (Å²) in [6.07, 6.45) is 0. The summed E-state index contributed by atoms with van der Waals surface area (Å²) in [5.74, 6) is 0.0196. The highest BCUT2D eigenvalue weighted by atomic mass is 16.3. The Hall–Kier alpha value is -0.920. The number of aromatic hydroxyl groups is 2. The first-order valence-electron chi connectivity index (χ1n) is 3.95. The van der Waals surface area contributed by atoms with E-state index >= 15 is 0 Å². The van der Waals surface area contributed by atoms with Gasteiger partial charge in [-0.15, -0.1) is 0 Å². The second-order valence-electron chi connectivity index (χ2n) is 3.20. The monoisotopic (exact) mass is 158 g/mol. The van der Waals surface area contributed by atoms with Gasteiger partial charge in [-0.1, -0.05) is 21.9 Å². The molecule has 0 unspecified atom stereocenters. The van der Waals surface area contributed by atoms with Gasteiger partial charge >= 0.3 is 0 Å². The molecule has 0 aliphatic carbocycles. The standard InChI is InChI=1S/C6H10B4O2/c7-1-2(8)4(10)6(12)5(11)3(1)9/h11-12H,7-10H2. The molecule has 0 fully saturated rings. The highest BCUT2D eigenvalue weighted by molar-refractivity contribution is 6.63. The molecule has 0 heterocycles. The van der Waals surface area contributed by atoms with Gasteiger partial charge in [0.05, 0.1) is 0 Å². The van der Waals surface area contributed by atoms with Gasteiger partial charge in [0.1, 0.15) is 42.9 Å². The molecule has 6 heteroatoms. The van der Waals surface area contributed by atoms with E-state index in [2.05, 4.69) is 0 Å². The summed E-state index contributed by atoms with van der Waals surface area (Å²) in [6.45, 7) is 0. The molecule has 0 spiro atoms. The normalized spacial score (nSPS) is 10.0. The average Bonchev–Trinajstić information content (AvgIpc) is 2.08. The molecule has 0 amide bonds. The van der Waals surface area contributed by atoms with Crippen LogP contribution in [0.1, 0.15) is 0 Å². The Bertz CT molecular complexity index is 232. The maximum absolute atomic E-state index is 9.44. The molecule has 0 aromatic heterocycles. The van der Waals surface area contributed by atoms with E-state index in [1.807, 2.05) is 15.7 Å². The Kier molecular flexibility index (Phi) is 2.18. The minimum atomic E-state index is 0.00981. The van der Waals surface area contributed by atoms with Crippen LogP contribution in [0.5, 0.6) is 11.5 Å². The third kappa shape index (κ3) is 1.11. The molecule has 12 heavy (non-hydrogen) atoms. The first kappa shape index (κ1) is 9.17. The van der Waals surface area contributed by atoms with E-state index in [-0.39, 0.29) is 11.5 Å². The molecule has 0 saturated heterocycles. The van der Waals surface area contributed by atoms with Gasteiger partial charge in [-0.2, -0.15) is 0 Å². The van der Waals surface area contributed by atoms with Crippen LogP contribution in [0, 0.1) is 0 Å². The first-order valence-corrected chi connectivity index (χ1v) is 3.95. The Morgan fingerprint density at radius 2 is 0.833 bits per heavy atom. The molecule has 0 aliphatic rings. The van der Waals surface area contributed by atoms with E-state index in [1.165, 1.54) is 0 Å². The largest absolute Gasteiger partial charge is 0.505 e. The quantitative estimate of drug-likeness (QED) is 0.291. The smallest absolute Gasteiger partial charge is 0.149 e. The lowest BCUT2D eigenvalue weighted by molar-refractivity contribution is 0.410. The van der Waals surface area contributed by atoms with Crippen molar-refractivity contribution in [2.75, 3.05) is 0 Å². The molecule has 0 radical (unpaired) electrons. The molecular weight excluding hydrogens is 147 g/mol. The maximum Gasteiger partial charge on any atom is 0.149 e. The second-order valence-corrected chi connectivity index (χ2v) is 3.20. The maximum atomic E-state index is 9.44. The zero-order valence-corrected chi connectivity index (χ0v) is 7.89. The van der Waals surface area contributed by atoms with Crippen molar-refractivity contribution in [3.8, 4) is 11.5 Å². The molecule has 58 valence electrons. The van der Waals surface area contributed by atoms with Crippen LogP contribution in [0.15, 0.2) is 0 Å². The van der Waals surface area contributed by atoms with Crippen LogP contribution in [0.4, 0.5) is 0 Å². The highest BCUT2D eigenvalue weighted by Crippen LogP contribution is 2.14. The van der Waals surface area contributed by atoms with Crippen molar-refractivity contribution < 1.29 is 10.2 Å². The Morgan fingerprint density at radius 1 is 0.583 bits per heavy atom. The average molecular weight is 157 g/mol. The minimum absolute atomic E-state index is 0.00981. The van der Waals surface area contributed by atoms with Crippen LogP contribution in [0.3, 0.4) is 0 Å². The van der Waals surface area contributed by atoms with Gasteiger partial charge in [0.2, 0.25) is 0 Å². The number of phenols is 2. The van der Waals surface area contributed by atoms with Crippen LogP contribution >= 0.6 is 0 Å². The predicted molar refractivity (Wildman–Crippen MR) is 62.5 cm³/mol. The summed E-state index contributed by atoms with van der Waals surface area (Å²) in [5, 5.41) is 18.9. The lowest BCUT2D eigenvalue weighted by atomic mass is 9.66. The Labute approximate surface area is 75.6 Å². The SMILES string of the molecule is Bc1c(B)c(B)c(O)c(O)c1B. The van der Waals surface area contributed by atoms with Gasteiger partial charge in [-0.3, -0.25) is 0 Å². The summed E-state index contributed by atoms with van der Waals surface area (Å²) < 4.78 is 0. The molecule has 0 bridgehead atoms. The van der Waals surface area contributed by atoms with Gasteiger partial charge in [-0.05, 0) is 0 Å². The van der Waals surface area contributed by atoms with E-state index < -0.39 is 0 Å². The number of hydrogen-bond acceptors (Lipinski definition) is 2. The lowest BCUT2D eigenvalue weighted by Crippen LogP contribution is -2.47. The van der Waals surface area contributed by atoms with Crippen molar-refractivity contribution in [2.45, 2.75) is 0 Å². The fraction of sp³-hybridized carbons (Fsp3) is 0. The van der Waals surface area contributed by atoms with Crippen LogP contribution in [0.25, 0.3) is 0 Å². The van der Waals surface area contributed by atoms with Gasteiger partial charge < -0.3 is 10.2 Å². The Balaban J connectivity index is 3.60. The third-order valence-electron chi connectivity index (χ3n) is 2.62. The van der Waals surface area contributed by atoms with Gasteiger partial charge in [0.25, 0.3) is 0 Å². The minimum Gasteiger partial charge on any atom is -0.505 e. The van der Waals surface area contributed by atoms with Gasteiger partial charge in [0.15, 0.2) is 0 Å². The predicted octanol–water partition coefficient (Wildman–Crippen LogP) is -5.87. The molecule has 0 saturated carbocycles. The van der Waals surface area contributed by atoms with Crippen molar-refractivity contribution in [2.24, 2.45) is 0 Å². The zero-order chi connectivity index (χ0) is 9.46. The van der Waals surface area contributed by atoms with Crippen molar-refractivity contribution in [3.05, 3.63) is 0 Å². The van der Waals surface area contributed by atoms with E-state index in [9.17, 15) is 10.2 Å². The zero-order valence-electron chi connectivity index (χ0n) is 7.89. The summed E-state index contributed by atoms with van der Waals surface area (Å²) in [4.78, 5) is 0. The summed E-state index contributed by atoms with van der Waals surface area (Å²) >= 11 is 0. The van der Waals surface area contributed by atoms with Gasteiger partial charge in [-0.25, -0.2) is 0 Å². The molecule has 1 rings (SSSR count). The number of benzene rings is 1. The lowest BCUT2D eigenvalue weighted by Gasteiger charge is -2.13. The number of rotatable bonds is 0. The first-order chi connectivity index (χ1) is 5.46. The van der Waals surface area contributed by atoms with Gasteiger partial charge in [0, 0.05) is 0 Å². The van der Waals surface area contributed by atoms with Crippen LogP contribution < -0.4 is 21.9 Å². The summed E-state index contributed by atoms with van der Waals surface area (Å²) in [7, 11) is 7.49. The van der Waals surface area contributed by atoms with Crippen LogP contribution in [0.2, 0.25) is 0 Å². The fourth-order valence-electron chi connectivity index (χ4n) is 1.27. The van der Waals surface area contributed by atoms with Crippen molar-refractivity contribution >= 4 is 53.2 Å². The van der Waals surface area contributed by atoms with Crippen molar-refractivity contribution in [1.82, 2.24) is 0 Å². The topological polar surface area (TPSA) is 40.5 Å². The van der Waals surface area contributed by atoms with E-state index in [1.54, 1.807) is 15.7 Å². The molecule has 0 atom stereocenters. The molecule has 1 aromatic carbocycles. The third-order valence-corrected chi connectivity index (χ3v) is 2.62. The molecular formula is C6H10B4O2. The van der Waals surface area contributed by atoms with Crippen LogP contribution in [-0.2, 0) is 0 Å². The highest BCUT2D eigenvalue weighted by Gasteiger charge is 2.11. The summed E-state index contributed by atoms with van der Waals surface area (Å²) in [6, 6.07) is 0. The Morgan fingerprint density at radius 3 is 1.08 bits per heavy atom. The number of phenolic OH excluding ortho intramolecular Hbond substituents is 2. The van der Waals surface area contributed by atoms with E-state index in [4.69, 9.17) is 0 Å². The van der Waals surface area contributed by atoms with Crippen molar-refractivity contribution in [3.63, 3.8) is 0 Å². The van der Waals surface area contributed by atoms with E-state index in [0.717, 1.165) is 21.9 Å². The van der Waals surface area contributed by atoms with Crippen molar-refractivity contribution in [1.29, 1.82) is 0 Å². The molecule has 2 nitrogen and oxygen atoms in total. The molecule has 0 aliphatic heterocycles. The summed E-state index contributed by atoms with van der Waals surface area (Å²) in [5.41, 5.74) is 3.61. The molecule has 1 aromatic rings. The number of hydrogen-bond donors (Lipinski definition) is 2. The fourth-order valence-corrected chi connectivity index (χ4v) is 1.27. The van der Waals surface area contributed by atoms with Crippen LogP contribution in [-0.4, -0.2) is 41.6 Å². The molecule has 2 N–H and O–H groups in total. The van der Waals surface area contributed by atoms with E-state index in [0.29, 0.717) is 0 Å². The second kappa shape index (κ2) is 2.85.